The zero-order valence-electron chi connectivity index (χ0n) is 20.6. The van der Waals surface area contributed by atoms with Gasteiger partial charge in [-0.3, -0.25) is 14.5 Å². The SMILES string of the molecule is COc1cc(C(=O)NC2CC3CCCC(C2)N3CC(=O)Nc2cc(Cl)cc(Cl)c2)cc(OC)c1OC. The lowest BCUT2D eigenvalue weighted by molar-refractivity contribution is -0.120. The molecule has 0 radical (unpaired) electrons. The number of halogens is 2. The second-order valence-electron chi connectivity index (χ2n) is 9.17. The van der Waals surface area contributed by atoms with Crippen molar-refractivity contribution in [2.24, 2.45) is 0 Å². The normalized spacial score (nSPS) is 21.4. The fraction of sp³-hybridized carbons (Fsp3) is 0.462. The summed E-state index contributed by atoms with van der Waals surface area (Å²) in [4.78, 5) is 28.2. The molecule has 4 rings (SSSR count). The van der Waals surface area contributed by atoms with E-state index in [0.717, 1.165) is 32.1 Å². The summed E-state index contributed by atoms with van der Waals surface area (Å²) in [7, 11) is 4.57. The van der Waals surface area contributed by atoms with Crippen molar-refractivity contribution in [2.45, 2.75) is 50.2 Å². The summed E-state index contributed by atoms with van der Waals surface area (Å²) in [6, 6.07) is 8.73. The number of anilines is 1. The zero-order chi connectivity index (χ0) is 25.8. The molecule has 10 heteroatoms. The first-order valence-corrected chi connectivity index (χ1v) is 12.7. The smallest absolute Gasteiger partial charge is 0.251 e. The minimum absolute atomic E-state index is 0.0120. The van der Waals surface area contributed by atoms with E-state index in [2.05, 4.69) is 15.5 Å². The van der Waals surface area contributed by atoms with Gasteiger partial charge in [0.05, 0.1) is 27.9 Å². The number of methoxy groups -OCH3 is 3. The summed E-state index contributed by atoms with van der Waals surface area (Å²) >= 11 is 12.1. The molecule has 2 unspecified atom stereocenters. The highest BCUT2D eigenvalue weighted by Gasteiger charge is 2.39. The number of nitrogens with zero attached hydrogens (tertiary/aromatic N) is 1. The van der Waals surface area contributed by atoms with Crippen LogP contribution in [0.3, 0.4) is 0 Å². The molecule has 0 spiro atoms. The van der Waals surface area contributed by atoms with E-state index in [4.69, 9.17) is 37.4 Å². The number of ether oxygens (including phenoxy) is 3. The van der Waals surface area contributed by atoms with Crippen molar-refractivity contribution < 1.29 is 23.8 Å². The summed E-state index contributed by atoms with van der Waals surface area (Å²) in [5.74, 6) is 1.01. The zero-order valence-corrected chi connectivity index (χ0v) is 22.1. The van der Waals surface area contributed by atoms with E-state index in [1.54, 1.807) is 30.3 Å². The fourth-order valence-electron chi connectivity index (χ4n) is 5.33. The molecule has 2 heterocycles. The van der Waals surface area contributed by atoms with E-state index in [9.17, 15) is 9.59 Å². The summed E-state index contributed by atoms with van der Waals surface area (Å²) in [5.41, 5.74) is 1.02. The number of carbonyl (C=O) groups excluding carboxylic acids is 2. The van der Waals surface area contributed by atoms with Crippen molar-refractivity contribution in [1.29, 1.82) is 0 Å². The lowest BCUT2D eigenvalue weighted by Gasteiger charge is -2.48. The number of rotatable bonds is 8. The Kier molecular flexibility index (Phi) is 8.49. The van der Waals surface area contributed by atoms with E-state index >= 15 is 0 Å². The van der Waals surface area contributed by atoms with Gasteiger partial charge in [-0.05, 0) is 56.0 Å². The molecule has 2 aromatic carbocycles. The number of piperidine rings is 2. The molecule has 0 aromatic heterocycles. The fourth-order valence-corrected chi connectivity index (χ4v) is 5.85. The van der Waals surface area contributed by atoms with Crippen LogP contribution < -0.4 is 24.8 Å². The van der Waals surface area contributed by atoms with Crippen LogP contribution in [0, 0.1) is 0 Å². The lowest BCUT2D eigenvalue weighted by Crippen LogP contribution is -2.58. The Hall–Kier alpha value is -2.68. The van der Waals surface area contributed by atoms with Gasteiger partial charge in [0.2, 0.25) is 11.7 Å². The van der Waals surface area contributed by atoms with Gasteiger partial charge in [0.1, 0.15) is 0 Å². The van der Waals surface area contributed by atoms with Crippen molar-refractivity contribution in [1.82, 2.24) is 10.2 Å². The van der Waals surface area contributed by atoms with Crippen LogP contribution in [0.1, 0.15) is 42.5 Å². The van der Waals surface area contributed by atoms with Gasteiger partial charge < -0.3 is 24.8 Å². The molecular formula is C26H31Cl2N3O5. The molecule has 2 aliphatic heterocycles. The van der Waals surface area contributed by atoms with Crippen LogP contribution in [0.15, 0.2) is 30.3 Å². The second-order valence-corrected chi connectivity index (χ2v) is 10.0. The molecule has 2 amide bonds. The maximum atomic E-state index is 13.1. The molecule has 2 atom stereocenters. The van der Waals surface area contributed by atoms with E-state index in [1.807, 2.05) is 0 Å². The van der Waals surface area contributed by atoms with Crippen LogP contribution in [-0.2, 0) is 4.79 Å². The van der Waals surface area contributed by atoms with E-state index < -0.39 is 0 Å². The number of fused-ring (bicyclic) bond motifs is 2. The third-order valence-corrected chi connectivity index (χ3v) is 7.30. The molecule has 36 heavy (non-hydrogen) atoms. The van der Waals surface area contributed by atoms with Crippen molar-refractivity contribution >= 4 is 40.7 Å². The molecule has 2 saturated heterocycles. The molecule has 2 fully saturated rings. The molecule has 194 valence electrons. The molecule has 2 aromatic rings. The van der Waals surface area contributed by atoms with E-state index in [1.165, 1.54) is 21.3 Å². The monoisotopic (exact) mass is 535 g/mol. The van der Waals surface area contributed by atoms with Gasteiger partial charge >= 0.3 is 0 Å². The number of nitrogens with one attached hydrogen (secondary N) is 2. The Balaban J connectivity index is 1.40. The van der Waals surface area contributed by atoms with Crippen molar-refractivity contribution in [3.05, 3.63) is 45.9 Å². The Bertz CT molecular complexity index is 1070. The molecule has 2 N–H and O–H groups in total. The van der Waals surface area contributed by atoms with Crippen LogP contribution in [-0.4, -0.2) is 62.7 Å². The molecule has 0 saturated carbocycles. The Morgan fingerprint density at radius 3 is 2.03 bits per heavy atom. The van der Waals surface area contributed by atoms with Crippen LogP contribution in [0.25, 0.3) is 0 Å². The Morgan fingerprint density at radius 2 is 1.50 bits per heavy atom. The lowest BCUT2D eigenvalue weighted by atomic mass is 9.81. The third-order valence-electron chi connectivity index (χ3n) is 6.86. The minimum atomic E-state index is -0.193. The highest BCUT2D eigenvalue weighted by Crippen LogP contribution is 2.39. The summed E-state index contributed by atoms with van der Waals surface area (Å²) in [5, 5.41) is 7.03. The number of carbonyl (C=O) groups is 2. The highest BCUT2D eigenvalue weighted by molar-refractivity contribution is 6.35. The summed E-state index contributed by atoms with van der Waals surface area (Å²) in [6.07, 6.45) is 4.66. The van der Waals surface area contributed by atoms with Gasteiger partial charge in [0.25, 0.3) is 5.91 Å². The third kappa shape index (κ3) is 5.99. The second kappa shape index (κ2) is 11.6. The topological polar surface area (TPSA) is 89.1 Å². The van der Waals surface area contributed by atoms with Crippen LogP contribution >= 0.6 is 23.2 Å². The Morgan fingerprint density at radius 1 is 0.917 bits per heavy atom. The molecule has 0 aliphatic carbocycles. The predicted molar refractivity (Wildman–Crippen MR) is 140 cm³/mol. The first kappa shape index (κ1) is 26.4. The van der Waals surface area contributed by atoms with Gasteiger partial charge in [-0.2, -0.15) is 0 Å². The molecule has 2 bridgehead atoms. The Labute approximate surface area is 221 Å². The minimum Gasteiger partial charge on any atom is -0.493 e. The van der Waals surface area contributed by atoms with Crippen molar-refractivity contribution in [3.8, 4) is 17.2 Å². The number of hydrogen-bond donors (Lipinski definition) is 2. The van der Waals surface area contributed by atoms with Crippen LogP contribution in [0.2, 0.25) is 10.0 Å². The van der Waals surface area contributed by atoms with Gasteiger partial charge in [-0.15, -0.1) is 0 Å². The average molecular weight is 536 g/mol. The maximum Gasteiger partial charge on any atom is 0.251 e. The van der Waals surface area contributed by atoms with Gasteiger partial charge in [-0.1, -0.05) is 29.6 Å². The maximum absolute atomic E-state index is 13.1. The van der Waals surface area contributed by atoms with Crippen molar-refractivity contribution in [3.63, 3.8) is 0 Å². The highest BCUT2D eigenvalue weighted by atomic mass is 35.5. The van der Waals surface area contributed by atoms with E-state index in [0.29, 0.717) is 38.5 Å². The first-order valence-electron chi connectivity index (χ1n) is 11.9. The number of amides is 2. The van der Waals surface area contributed by atoms with Crippen LogP contribution in [0.4, 0.5) is 5.69 Å². The van der Waals surface area contributed by atoms with Gasteiger partial charge in [-0.25, -0.2) is 0 Å². The van der Waals surface area contributed by atoms with Gasteiger partial charge in [0.15, 0.2) is 11.5 Å². The summed E-state index contributed by atoms with van der Waals surface area (Å²) < 4.78 is 16.1. The quantitative estimate of drug-likeness (QED) is 0.505. The summed E-state index contributed by atoms with van der Waals surface area (Å²) in [6.45, 7) is 0.285. The van der Waals surface area contributed by atoms with E-state index in [-0.39, 0.29) is 36.5 Å². The molecule has 8 nitrogen and oxygen atoms in total. The predicted octanol–water partition coefficient (Wildman–Crippen LogP) is 4.77. The number of hydrogen-bond acceptors (Lipinski definition) is 6. The largest absolute Gasteiger partial charge is 0.493 e. The van der Waals surface area contributed by atoms with Crippen molar-refractivity contribution in [2.75, 3.05) is 33.2 Å². The average Bonchev–Trinajstić information content (AvgIpc) is 2.82. The standard InChI is InChI=1S/C26H31Cl2N3O5/c1-34-22-7-15(8-23(35-2)25(22)36-3)26(33)30-19-12-20-5-4-6-21(13-19)31(20)14-24(32)29-18-10-16(27)9-17(28)11-18/h7-11,19-21H,4-6,12-14H2,1-3H3,(H,29,32)(H,30,33). The first-order chi connectivity index (χ1) is 17.3. The van der Waals surface area contributed by atoms with Crippen LogP contribution in [0.5, 0.6) is 17.2 Å². The molecular weight excluding hydrogens is 505 g/mol. The van der Waals surface area contributed by atoms with Gasteiger partial charge in [0, 0.05) is 39.4 Å². The molecule has 2 aliphatic rings. The number of benzene rings is 2.